The molecule has 14 heteroatoms. The Morgan fingerprint density at radius 3 is 2.71 bits per heavy atom. The van der Waals surface area contributed by atoms with Crippen molar-refractivity contribution in [1.82, 2.24) is 14.6 Å². The van der Waals surface area contributed by atoms with E-state index in [1.165, 1.54) is 45.4 Å². The van der Waals surface area contributed by atoms with E-state index in [1.807, 2.05) is 6.07 Å². The van der Waals surface area contributed by atoms with Gasteiger partial charge in [-0.25, -0.2) is 9.36 Å². The number of carbonyl (C=O) groups is 1. The van der Waals surface area contributed by atoms with Gasteiger partial charge < -0.3 is 24.8 Å². The molecule has 1 aromatic carbocycles. The molecule has 1 aliphatic heterocycles. The first-order valence-corrected chi connectivity index (χ1v) is 12.0. The summed E-state index contributed by atoms with van der Waals surface area (Å²) in [5.74, 6) is -0.546. The number of hydrogen-bond donors (Lipinski definition) is 3. The second kappa shape index (κ2) is 10.6. The van der Waals surface area contributed by atoms with Gasteiger partial charge in [0.25, 0.3) is 0 Å². The Morgan fingerprint density at radius 1 is 1.43 bits per heavy atom. The number of benzene rings is 1. The number of esters is 1. The Labute approximate surface area is 201 Å². The van der Waals surface area contributed by atoms with Gasteiger partial charge in [-0.15, -0.1) is 0 Å². The molecular weight excluding hydrogens is 481 g/mol. The fourth-order valence-electron chi connectivity index (χ4n) is 3.47. The minimum absolute atomic E-state index is 0.0202. The number of hydrogen-bond acceptors (Lipinski definition) is 11. The van der Waals surface area contributed by atoms with E-state index in [-0.39, 0.29) is 11.6 Å². The molecule has 1 saturated heterocycles. The van der Waals surface area contributed by atoms with Crippen molar-refractivity contribution in [2.75, 3.05) is 19.5 Å². The molecule has 2 heterocycles. The summed E-state index contributed by atoms with van der Waals surface area (Å²) < 4.78 is 36.0. The third kappa shape index (κ3) is 5.70. The summed E-state index contributed by atoms with van der Waals surface area (Å²) in [5.41, 5.74) is 3.15. The summed E-state index contributed by atoms with van der Waals surface area (Å²) in [6.45, 7) is 2.29. The van der Waals surface area contributed by atoms with Crippen LogP contribution in [-0.4, -0.2) is 52.6 Å². The number of nitrogens with two attached hydrogens (primary N) is 1. The predicted octanol–water partition coefficient (Wildman–Crippen LogP) is 0.968. The van der Waals surface area contributed by atoms with Crippen molar-refractivity contribution >= 4 is 19.5 Å². The number of carbonyl (C=O) groups excluding carboxylic acids is 1. The standard InChI is InChI=1S/C21H26N5O8P/c1-13(18(28)31-3)25-35(30,34-14-7-5-4-6-8-14)32-11-15-17(27)21(2,12-22)19(33-15)26-10-9-16(23)24-20(26)29/h4-10,13,15,17,19,27H,11H2,1-3H3,(H,25,30)(H2,23,24,29). The molecule has 4 N–H and O–H groups in total. The zero-order valence-corrected chi connectivity index (χ0v) is 20.1. The summed E-state index contributed by atoms with van der Waals surface area (Å²) >= 11 is 0. The maximum atomic E-state index is 13.5. The lowest BCUT2D eigenvalue weighted by atomic mass is 9.84. The lowest BCUT2D eigenvalue weighted by molar-refractivity contribution is -0.142. The highest BCUT2D eigenvalue weighted by Gasteiger charge is 2.55. The number of methoxy groups -OCH3 is 1. The van der Waals surface area contributed by atoms with Gasteiger partial charge in [0.2, 0.25) is 0 Å². The average Bonchev–Trinajstić information content (AvgIpc) is 3.08. The minimum Gasteiger partial charge on any atom is -0.468 e. The third-order valence-corrected chi connectivity index (χ3v) is 7.06. The van der Waals surface area contributed by atoms with Crippen molar-refractivity contribution in [3.05, 3.63) is 53.1 Å². The summed E-state index contributed by atoms with van der Waals surface area (Å²) in [5, 5.41) is 23.1. The Kier molecular flexibility index (Phi) is 7.94. The maximum Gasteiger partial charge on any atom is 0.459 e. The molecule has 6 atom stereocenters. The van der Waals surface area contributed by atoms with Crippen molar-refractivity contribution in [3.8, 4) is 11.8 Å². The van der Waals surface area contributed by atoms with E-state index in [1.54, 1.807) is 18.2 Å². The first-order valence-electron chi connectivity index (χ1n) is 10.5. The van der Waals surface area contributed by atoms with Gasteiger partial charge in [0, 0.05) is 6.20 Å². The number of ether oxygens (including phenoxy) is 2. The maximum absolute atomic E-state index is 13.5. The number of aromatic nitrogens is 2. The quantitative estimate of drug-likeness (QED) is 0.323. The van der Waals surface area contributed by atoms with Crippen LogP contribution in [0.15, 0.2) is 47.4 Å². The van der Waals surface area contributed by atoms with Crippen LogP contribution in [0.2, 0.25) is 0 Å². The van der Waals surface area contributed by atoms with Crippen LogP contribution in [0.25, 0.3) is 0 Å². The normalized spacial score (nSPS) is 26.3. The largest absolute Gasteiger partial charge is 0.468 e. The Morgan fingerprint density at radius 2 is 2.11 bits per heavy atom. The van der Waals surface area contributed by atoms with Gasteiger partial charge in [-0.05, 0) is 32.0 Å². The van der Waals surface area contributed by atoms with Crippen LogP contribution in [0.1, 0.15) is 20.1 Å². The molecule has 1 fully saturated rings. The number of nitrogens with one attached hydrogen (secondary N) is 1. The van der Waals surface area contributed by atoms with Crippen molar-refractivity contribution in [1.29, 1.82) is 5.26 Å². The minimum atomic E-state index is -4.22. The molecule has 6 unspecified atom stereocenters. The first kappa shape index (κ1) is 26.3. The lowest BCUT2D eigenvalue weighted by Crippen LogP contribution is -2.40. The Hall–Kier alpha value is -3.27. The van der Waals surface area contributed by atoms with Gasteiger partial charge in [0.15, 0.2) is 6.23 Å². The van der Waals surface area contributed by atoms with Crippen molar-refractivity contribution in [3.63, 3.8) is 0 Å². The predicted molar refractivity (Wildman–Crippen MR) is 122 cm³/mol. The second-order valence-electron chi connectivity index (χ2n) is 7.98. The number of nitrogens with zero attached hydrogens (tertiary/aromatic N) is 3. The number of anilines is 1. The van der Waals surface area contributed by atoms with Gasteiger partial charge in [0.1, 0.15) is 35.2 Å². The molecule has 0 saturated carbocycles. The second-order valence-corrected chi connectivity index (χ2v) is 9.67. The fraction of sp³-hybridized carbons (Fsp3) is 0.429. The summed E-state index contributed by atoms with van der Waals surface area (Å²) in [7, 11) is -3.05. The van der Waals surface area contributed by atoms with Crippen LogP contribution in [0.3, 0.4) is 0 Å². The molecule has 0 radical (unpaired) electrons. The number of aliphatic hydroxyl groups is 1. The molecule has 13 nitrogen and oxygen atoms in total. The number of para-hydroxylation sites is 1. The monoisotopic (exact) mass is 507 g/mol. The molecule has 2 aromatic rings. The van der Waals surface area contributed by atoms with E-state index in [0.717, 1.165) is 4.57 Å². The number of nitrogen functional groups attached to an aromatic ring is 1. The van der Waals surface area contributed by atoms with Gasteiger partial charge in [0.05, 0.1) is 19.8 Å². The number of rotatable bonds is 9. The molecule has 0 spiro atoms. The van der Waals surface area contributed by atoms with E-state index in [4.69, 9.17) is 19.5 Å². The van der Waals surface area contributed by atoms with E-state index >= 15 is 0 Å². The molecule has 188 valence electrons. The molecule has 35 heavy (non-hydrogen) atoms. The van der Waals surface area contributed by atoms with Gasteiger partial charge >= 0.3 is 19.4 Å². The van der Waals surface area contributed by atoms with Crippen molar-refractivity contribution < 1.29 is 33.0 Å². The molecule has 0 bridgehead atoms. The zero-order chi connectivity index (χ0) is 25.8. The molecular formula is C21H26N5O8P. The Balaban J connectivity index is 1.84. The topological polar surface area (TPSA) is 188 Å². The molecule has 0 aliphatic carbocycles. The third-order valence-electron chi connectivity index (χ3n) is 5.41. The van der Waals surface area contributed by atoms with Crippen LogP contribution in [-0.2, 0) is 23.4 Å². The molecule has 1 aliphatic rings. The number of nitriles is 1. The van der Waals surface area contributed by atoms with E-state index in [0.29, 0.717) is 0 Å². The first-order chi connectivity index (χ1) is 16.5. The molecule has 0 amide bonds. The van der Waals surface area contributed by atoms with Crippen LogP contribution >= 0.6 is 7.75 Å². The number of aliphatic hydroxyl groups excluding tert-OH is 1. The highest BCUT2D eigenvalue weighted by Crippen LogP contribution is 2.48. The van der Waals surface area contributed by atoms with Crippen LogP contribution in [0, 0.1) is 16.7 Å². The Bertz CT molecular complexity index is 1200. The van der Waals surface area contributed by atoms with Crippen LogP contribution in [0.4, 0.5) is 5.82 Å². The fourth-order valence-corrected chi connectivity index (χ4v) is 4.97. The molecule has 3 rings (SSSR count). The SMILES string of the molecule is COC(=O)C(C)NP(=O)(OCC1OC(n2ccc(N)nc2=O)C(C)(C#N)C1O)Oc1ccccc1. The van der Waals surface area contributed by atoms with E-state index in [9.17, 15) is 24.5 Å². The van der Waals surface area contributed by atoms with Crippen molar-refractivity contribution in [2.45, 2.75) is 38.3 Å². The van der Waals surface area contributed by atoms with Gasteiger partial charge in [-0.1, -0.05) is 18.2 Å². The highest BCUT2D eigenvalue weighted by atomic mass is 31.2. The van der Waals surface area contributed by atoms with Crippen molar-refractivity contribution in [2.24, 2.45) is 5.41 Å². The average molecular weight is 507 g/mol. The van der Waals surface area contributed by atoms with Crippen LogP contribution in [0.5, 0.6) is 5.75 Å². The van der Waals surface area contributed by atoms with E-state index in [2.05, 4.69) is 14.8 Å². The smallest absolute Gasteiger partial charge is 0.459 e. The molecule has 1 aromatic heterocycles. The summed E-state index contributed by atoms with van der Waals surface area (Å²) in [6.07, 6.45) is -2.60. The van der Waals surface area contributed by atoms with E-state index < -0.39 is 55.9 Å². The van der Waals surface area contributed by atoms with Crippen LogP contribution < -0.4 is 21.0 Å². The van der Waals surface area contributed by atoms with Gasteiger partial charge in [-0.2, -0.15) is 15.3 Å². The summed E-state index contributed by atoms with van der Waals surface area (Å²) in [4.78, 5) is 27.8. The van der Waals surface area contributed by atoms with Gasteiger partial charge in [-0.3, -0.25) is 13.9 Å². The lowest BCUT2D eigenvalue weighted by Gasteiger charge is -2.26. The summed E-state index contributed by atoms with van der Waals surface area (Å²) in [6, 6.07) is 10.3. The highest BCUT2D eigenvalue weighted by molar-refractivity contribution is 7.52. The zero-order valence-electron chi connectivity index (χ0n) is 19.2.